The van der Waals surface area contributed by atoms with Gasteiger partial charge in [-0.3, -0.25) is 5.10 Å². The molecule has 0 saturated heterocycles. The highest BCUT2D eigenvalue weighted by Gasteiger charge is 2.11. The number of hydrogen-bond donors (Lipinski definition) is 2. The van der Waals surface area contributed by atoms with Gasteiger partial charge in [0.15, 0.2) is 0 Å². The van der Waals surface area contributed by atoms with E-state index in [2.05, 4.69) is 10.2 Å². The lowest BCUT2D eigenvalue weighted by Gasteiger charge is -2.01. The molecule has 16 heavy (non-hydrogen) atoms. The van der Waals surface area contributed by atoms with E-state index in [4.69, 9.17) is 22.1 Å². The molecule has 2 aromatic rings. The molecule has 0 aliphatic heterocycles. The Morgan fingerprint density at radius 2 is 2.25 bits per heavy atom. The number of benzene rings is 1. The Morgan fingerprint density at radius 1 is 1.44 bits per heavy atom. The second-order valence-corrected chi connectivity index (χ2v) is 3.49. The summed E-state index contributed by atoms with van der Waals surface area (Å²) in [7, 11) is 0. The first kappa shape index (κ1) is 10.5. The molecule has 3 N–H and O–H groups in total. The van der Waals surface area contributed by atoms with Crippen LogP contribution in [0.2, 0.25) is 5.02 Å². The number of carbonyl (C=O) groups is 1. The van der Waals surface area contributed by atoms with Gasteiger partial charge in [0.25, 0.3) is 0 Å². The number of nitrogens with two attached hydrogens (primary N) is 1. The predicted octanol–water partition coefficient (Wildman–Crippen LogP) is 1.86. The van der Waals surface area contributed by atoms with Crippen LogP contribution >= 0.6 is 11.6 Å². The number of rotatable bonds is 2. The number of anilines is 1. The zero-order valence-electron chi connectivity index (χ0n) is 8.11. The summed E-state index contributed by atoms with van der Waals surface area (Å²) in [5, 5.41) is 6.58. The van der Waals surface area contributed by atoms with Gasteiger partial charge in [-0.1, -0.05) is 17.7 Å². The van der Waals surface area contributed by atoms with Crippen LogP contribution < -0.4 is 10.5 Å². The molecular weight excluding hydrogens is 230 g/mol. The van der Waals surface area contributed by atoms with E-state index in [0.29, 0.717) is 10.8 Å². The van der Waals surface area contributed by atoms with Crippen molar-refractivity contribution in [3.05, 3.63) is 41.0 Å². The maximum Gasteiger partial charge on any atom is 0.361 e. The Hall–Kier alpha value is -2.01. The Morgan fingerprint density at radius 3 is 2.88 bits per heavy atom. The van der Waals surface area contributed by atoms with E-state index in [0.717, 1.165) is 0 Å². The molecule has 6 heteroatoms. The van der Waals surface area contributed by atoms with Crippen molar-refractivity contribution in [3.63, 3.8) is 0 Å². The molecule has 5 nitrogen and oxygen atoms in total. The van der Waals surface area contributed by atoms with E-state index in [1.165, 1.54) is 6.07 Å². The van der Waals surface area contributed by atoms with Crippen LogP contribution in [0.15, 0.2) is 30.3 Å². The molecule has 1 aromatic carbocycles. The summed E-state index contributed by atoms with van der Waals surface area (Å²) < 4.78 is 5.04. The summed E-state index contributed by atoms with van der Waals surface area (Å²) in [5.41, 5.74) is 5.55. The fourth-order valence-corrected chi connectivity index (χ4v) is 1.31. The fourth-order valence-electron chi connectivity index (χ4n) is 1.13. The van der Waals surface area contributed by atoms with Gasteiger partial charge < -0.3 is 10.5 Å². The van der Waals surface area contributed by atoms with Crippen LogP contribution in [0.5, 0.6) is 5.75 Å². The molecule has 0 saturated carbocycles. The van der Waals surface area contributed by atoms with Gasteiger partial charge in [-0.25, -0.2) is 4.79 Å². The standard InChI is InChI=1S/C10H8ClN3O2/c11-6-2-1-3-7(4-6)16-10(15)8-5-9(12)14-13-8/h1-5H,(H3,12,13,14). The monoisotopic (exact) mass is 237 g/mol. The molecule has 1 heterocycles. The Balaban J connectivity index is 2.13. The molecule has 2 rings (SSSR count). The van der Waals surface area contributed by atoms with Crippen molar-refractivity contribution in [1.82, 2.24) is 10.2 Å². The number of nitrogen functional groups attached to an aromatic ring is 1. The van der Waals surface area contributed by atoms with Crippen molar-refractivity contribution in [1.29, 1.82) is 0 Å². The van der Waals surface area contributed by atoms with Gasteiger partial charge in [0.2, 0.25) is 0 Å². The molecule has 0 aliphatic rings. The van der Waals surface area contributed by atoms with E-state index >= 15 is 0 Å². The van der Waals surface area contributed by atoms with E-state index in [-0.39, 0.29) is 11.5 Å². The molecule has 0 spiro atoms. The lowest BCUT2D eigenvalue weighted by molar-refractivity contribution is 0.0728. The first-order valence-corrected chi connectivity index (χ1v) is 4.81. The van der Waals surface area contributed by atoms with Gasteiger partial charge in [-0.15, -0.1) is 0 Å². The van der Waals surface area contributed by atoms with E-state index < -0.39 is 5.97 Å². The summed E-state index contributed by atoms with van der Waals surface area (Å²) in [5.74, 6) is 0.0372. The number of carbonyl (C=O) groups excluding carboxylic acids is 1. The number of aromatic amines is 1. The summed E-state index contributed by atoms with van der Waals surface area (Å²) in [6.07, 6.45) is 0. The molecule has 0 bridgehead atoms. The quantitative estimate of drug-likeness (QED) is 0.617. The fraction of sp³-hybridized carbons (Fsp3) is 0. The molecule has 0 atom stereocenters. The summed E-state index contributed by atoms with van der Waals surface area (Å²) in [6, 6.07) is 7.94. The van der Waals surface area contributed by atoms with Crippen LogP contribution in [0.4, 0.5) is 5.82 Å². The highest BCUT2D eigenvalue weighted by molar-refractivity contribution is 6.30. The first-order chi connectivity index (χ1) is 7.65. The smallest absolute Gasteiger partial charge is 0.361 e. The number of nitrogens with zero attached hydrogens (tertiary/aromatic N) is 1. The van der Waals surface area contributed by atoms with Gasteiger partial charge in [0, 0.05) is 11.1 Å². The topological polar surface area (TPSA) is 81.0 Å². The SMILES string of the molecule is Nc1cc(C(=O)Oc2cccc(Cl)c2)[nH]n1. The van der Waals surface area contributed by atoms with Crippen molar-refractivity contribution in [2.75, 3.05) is 5.73 Å². The minimum absolute atomic E-state index is 0.192. The number of esters is 1. The van der Waals surface area contributed by atoms with E-state index in [1.54, 1.807) is 24.3 Å². The van der Waals surface area contributed by atoms with Crippen molar-refractivity contribution in [3.8, 4) is 5.75 Å². The average Bonchev–Trinajstić information content (AvgIpc) is 2.65. The van der Waals surface area contributed by atoms with Gasteiger partial charge in [0.1, 0.15) is 17.3 Å². The van der Waals surface area contributed by atoms with Crippen LogP contribution in [0.25, 0.3) is 0 Å². The number of H-pyrrole nitrogens is 1. The van der Waals surface area contributed by atoms with Gasteiger partial charge in [0.05, 0.1) is 0 Å². The number of ether oxygens (including phenoxy) is 1. The Labute approximate surface area is 96.2 Å². The molecule has 82 valence electrons. The van der Waals surface area contributed by atoms with Crippen molar-refractivity contribution >= 4 is 23.4 Å². The first-order valence-electron chi connectivity index (χ1n) is 4.44. The van der Waals surface area contributed by atoms with Gasteiger partial charge >= 0.3 is 5.97 Å². The third-order valence-electron chi connectivity index (χ3n) is 1.82. The van der Waals surface area contributed by atoms with Crippen molar-refractivity contribution in [2.24, 2.45) is 0 Å². The zero-order chi connectivity index (χ0) is 11.5. The van der Waals surface area contributed by atoms with E-state index in [1.807, 2.05) is 0 Å². The van der Waals surface area contributed by atoms with Crippen molar-refractivity contribution < 1.29 is 9.53 Å². The third kappa shape index (κ3) is 2.32. The van der Waals surface area contributed by atoms with Crippen LogP contribution in [-0.4, -0.2) is 16.2 Å². The molecule has 0 fully saturated rings. The van der Waals surface area contributed by atoms with Crippen LogP contribution in [-0.2, 0) is 0 Å². The number of hydrogen-bond acceptors (Lipinski definition) is 4. The van der Waals surface area contributed by atoms with Gasteiger partial charge in [-0.2, -0.15) is 5.10 Å². The average molecular weight is 238 g/mol. The van der Waals surface area contributed by atoms with Crippen molar-refractivity contribution in [2.45, 2.75) is 0 Å². The molecule has 0 aliphatic carbocycles. The predicted molar refractivity (Wildman–Crippen MR) is 59.4 cm³/mol. The zero-order valence-corrected chi connectivity index (χ0v) is 8.86. The summed E-state index contributed by atoms with van der Waals surface area (Å²) in [6.45, 7) is 0. The summed E-state index contributed by atoms with van der Waals surface area (Å²) in [4.78, 5) is 11.5. The number of nitrogens with one attached hydrogen (secondary N) is 1. The van der Waals surface area contributed by atoms with Crippen LogP contribution in [0.3, 0.4) is 0 Å². The second kappa shape index (κ2) is 4.24. The maximum atomic E-state index is 11.5. The Kier molecular flexibility index (Phi) is 2.78. The molecule has 0 unspecified atom stereocenters. The number of aromatic nitrogens is 2. The third-order valence-corrected chi connectivity index (χ3v) is 2.06. The normalized spacial score (nSPS) is 10.1. The van der Waals surface area contributed by atoms with Crippen LogP contribution in [0.1, 0.15) is 10.5 Å². The molecule has 0 amide bonds. The van der Waals surface area contributed by atoms with Gasteiger partial charge in [-0.05, 0) is 18.2 Å². The largest absolute Gasteiger partial charge is 0.422 e. The molecule has 0 radical (unpaired) electrons. The number of halogens is 1. The minimum Gasteiger partial charge on any atom is -0.422 e. The molecular formula is C10H8ClN3O2. The second-order valence-electron chi connectivity index (χ2n) is 3.05. The molecule has 1 aromatic heterocycles. The highest BCUT2D eigenvalue weighted by Crippen LogP contribution is 2.18. The van der Waals surface area contributed by atoms with E-state index in [9.17, 15) is 4.79 Å². The summed E-state index contributed by atoms with van der Waals surface area (Å²) >= 11 is 5.75. The van der Waals surface area contributed by atoms with Crippen LogP contribution in [0, 0.1) is 0 Å². The minimum atomic E-state index is -0.563. The maximum absolute atomic E-state index is 11.5. The lowest BCUT2D eigenvalue weighted by atomic mass is 10.3. The Bertz CT molecular complexity index is 524. The highest BCUT2D eigenvalue weighted by atomic mass is 35.5. The lowest BCUT2D eigenvalue weighted by Crippen LogP contribution is -2.08.